The smallest absolute Gasteiger partial charge is 0.347 e. The molecule has 4 heterocycles. The zero-order valence-corrected chi connectivity index (χ0v) is 19.8. The summed E-state index contributed by atoms with van der Waals surface area (Å²) < 4.78 is 40.2. The fourth-order valence-corrected chi connectivity index (χ4v) is 5.85. The number of likely N-dealkylation sites (tertiary alicyclic amines) is 1. The van der Waals surface area contributed by atoms with Crippen molar-refractivity contribution in [1.82, 2.24) is 25.0 Å². The van der Waals surface area contributed by atoms with Crippen LogP contribution in [0.2, 0.25) is 0 Å². The minimum absolute atomic E-state index is 0.00909. The molecule has 1 N–H and O–H groups in total. The lowest BCUT2D eigenvalue weighted by Crippen LogP contribution is -2.56. The van der Waals surface area contributed by atoms with Crippen molar-refractivity contribution in [2.75, 3.05) is 31.6 Å². The highest BCUT2D eigenvalue weighted by molar-refractivity contribution is 5.77. The molecule has 3 aliphatic rings. The van der Waals surface area contributed by atoms with E-state index < -0.39 is 17.3 Å². The summed E-state index contributed by atoms with van der Waals surface area (Å²) in [5, 5.41) is 14.9. The summed E-state index contributed by atoms with van der Waals surface area (Å²) in [6.45, 7) is 1.55. The van der Waals surface area contributed by atoms with Crippen LogP contribution in [0.1, 0.15) is 54.1 Å². The Hall–Kier alpha value is -3.46. The molecule has 2 aliphatic heterocycles. The highest BCUT2D eigenvalue weighted by Gasteiger charge is 2.43. The zero-order chi connectivity index (χ0) is 25.6. The number of hydrogen-bond donors (Lipinski definition) is 1. The molecule has 2 fully saturated rings. The molecule has 2 aromatic heterocycles. The quantitative estimate of drug-likeness (QED) is 0.669. The van der Waals surface area contributed by atoms with Crippen LogP contribution >= 0.6 is 0 Å². The van der Waals surface area contributed by atoms with Gasteiger partial charge in [0.15, 0.2) is 0 Å². The minimum Gasteiger partial charge on any atom is -0.347 e. The van der Waals surface area contributed by atoms with Crippen molar-refractivity contribution in [3.63, 3.8) is 0 Å². The maximum atomic E-state index is 13.4. The number of halogens is 3. The van der Waals surface area contributed by atoms with Gasteiger partial charge in [0.05, 0.1) is 17.3 Å². The van der Waals surface area contributed by atoms with E-state index in [-0.39, 0.29) is 48.1 Å². The van der Waals surface area contributed by atoms with Crippen molar-refractivity contribution in [1.29, 1.82) is 5.26 Å². The number of nitrogens with zero attached hydrogens (tertiary/aromatic N) is 6. The number of amides is 1. The van der Waals surface area contributed by atoms with Crippen LogP contribution in [0.15, 0.2) is 23.1 Å². The average Bonchev–Trinajstić information content (AvgIpc) is 3.39. The molecule has 0 saturated carbocycles. The fraction of sp³-hybridized carbons (Fsp3) is 0.542. The van der Waals surface area contributed by atoms with E-state index in [1.54, 1.807) is 19.3 Å². The van der Waals surface area contributed by atoms with Gasteiger partial charge in [0, 0.05) is 44.3 Å². The fourth-order valence-electron chi connectivity index (χ4n) is 5.85. The summed E-state index contributed by atoms with van der Waals surface area (Å²) in [6.07, 6.45) is -0.482. The third-order valence-electron chi connectivity index (χ3n) is 7.57. The highest BCUT2D eigenvalue weighted by atomic mass is 19.4. The predicted octanol–water partition coefficient (Wildman–Crippen LogP) is 2.24. The van der Waals surface area contributed by atoms with Crippen molar-refractivity contribution in [3.8, 4) is 6.07 Å². The lowest BCUT2D eigenvalue weighted by molar-refractivity contribution is -0.139. The van der Waals surface area contributed by atoms with E-state index in [1.807, 2.05) is 21.0 Å². The standard InChI is InChI=1S/C24H26F3N7O2/c1-32(18-6-5-17-21(24(25,26)27)23(36)31-30-22(17)18)9-8-20(35)33-12-15-3-4-16(13-33)34(15)19-7-2-14(10-28)11-29-19/h2,7,11,15-16,18H,3-6,8-9,12-13H2,1H3,(H,31,36). The number of carbonyl (C=O) groups excluding carboxylic acids is 1. The highest BCUT2D eigenvalue weighted by Crippen LogP contribution is 2.39. The largest absolute Gasteiger partial charge is 0.422 e. The van der Waals surface area contributed by atoms with Crippen molar-refractivity contribution < 1.29 is 18.0 Å². The number of piperazine rings is 1. The Balaban J connectivity index is 1.21. The number of nitrogens with one attached hydrogen (secondary N) is 1. The average molecular weight is 502 g/mol. The van der Waals surface area contributed by atoms with Crippen LogP contribution in [-0.4, -0.2) is 69.7 Å². The molecule has 2 saturated heterocycles. The number of aromatic nitrogens is 3. The summed E-state index contributed by atoms with van der Waals surface area (Å²) >= 11 is 0. The molecule has 3 atom stereocenters. The van der Waals surface area contributed by atoms with E-state index in [4.69, 9.17) is 5.26 Å². The number of aromatic amines is 1. The molecule has 36 heavy (non-hydrogen) atoms. The molecule has 2 aromatic rings. The molecular weight excluding hydrogens is 475 g/mol. The topological polar surface area (TPSA) is 109 Å². The van der Waals surface area contributed by atoms with E-state index in [0.717, 1.165) is 18.7 Å². The van der Waals surface area contributed by atoms with Crippen LogP contribution in [0, 0.1) is 11.3 Å². The third-order valence-corrected chi connectivity index (χ3v) is 7.57. The van der Waals surface area contributed by atoms with E-state index in [1.165, 1.54) is 0 Å². The molecule has 190 valence electrons. The summed E-state index contributed by atoms with van der Waals surface area (Å²) in [7, 11) is 1.77. The summed E-state index contributed by atoms with van der Waals surface area (Å²) in [6, 6.07) is 5.60. The van der Waals surface area contributed by atoms with Gasteiger partial charge >= 0.3 is 6.18 Å². The maximum Gasteiger partial charge on any atom is 0.422 e. The maximum absolute atomic E-state index is 13.4. The zero-order valence-electron chi connectivity index (χ0n) is 19.8. The number of H-pyrrole nitrogens is 1. The van der Waals surface area contributed by atoms with E-state index in [2.05, 4.69) is 21.1 Å². The van der Waals surface area contributed by atoms with Gasteiger partial charge in [-0.15, -0.1) is 0 Å². The Bertz CT molecular complexity index is 1240. The second-order valence-electron chi connectivity index (χ2n) is 9.68. The minimum atomic E-state index is -4.74. The Morgan fingerprint density at radius 1 is 1.25 bits per heavy atom. The van der Waals surface area contributed by atoms with Crippen LogP contribution in [0.25, 0.3) is 0 Å². The van der Waals surface area contributed by atoms with Crippen molar-refractivity contribution >= 4 is 11.7 Å². The SMILES string of the molecule is CN(CCC(=O)N1CC2CCC(C1)N2c1ccc(C#N)cn1)C1CCc2c1n[nH]c(=O)c2C(F)(F)F. The number of alkyl halides is 3. The molecular formula is C24H26F3N7O2. The number of fused-ring (bicyclic) bond motifs is 3. The first kappa shape index (κ1) is 24.2. The first-order valence-electron chi connectivity index (χ1n) is 12.0. The number of anilines is 1. The molecule has 12 heteroatoms. The van der Waals surface area contributed by atoms with Crippen LogP contribution in [0.4, 0.5) is 19.0 Å². The van der Waals surface area contributed by atoms with Crippen LogP contribution < -0.4 is 10.5 Å². The third kappa shape index (κ3) is 4.32. The lowest BCUT2D eigenvalue weighted by Gasteiger charge is -2.42. The van der Waals surface area contributed by atoms with Crippen LogP contribution in [0.5, 0.6) is 0 Å². The predicted molar refractivity (Wildman–Crippen MR) is 123 cm³/mol. The molecule has 2 bridgehead atoms. The van der Waals surface area contributed by atoms with Crippen molar-refractivity contribution in [2.45, 2.75) is 56.4 Å². The van der Waals surface area contributed by atoms with Gasteiger partial charge in [0.25, 0.3) is 5.56 Å². The lowest BCUT2D eigenvalue weighted by atomic mass is 10.1. The second-order valence-corrected chi connectivity index (χ2v) is 9.68. The first-order chi connectivity index (χ1) is 17.2. The number of rotatable bonds is 5. The molecule has 1 amide bonds. The number of pyridine rings is 1. The Kier molecular flexibility index (Phi) is 6.20. The van der Waals surface area contributed by atoms with Gasteiger partial charge in [-0.1, -0.05) is 0 Å². The number of carbonyl (C=O) groups is 1. The Morgan fingerprint density at radius 2 is 1.97 bits per heavy atom. The van der Waals surface area contributed by atoms with Gasteiger partial charge < -0.3 is 9.80 Å². The van der Waals surface area contributed by atoms with Crippen molar-refractivity contribution in [3.05, 3.63) is 51.1 Å². The number of nitriles is 1. The van der Waals surface area contributed by atoms with Gasteiger partial charge in [-0.3, -0.25) is 14.5 Å². The van der Waals surface area contributed by atoms with Crippen LogP contribution in [0.3, 0.4) is 0 Å². The summed E-state index contributed by atoms with van der Waals surface area (Å²) in [5.74, 6) is 0.826. The molecule has 0 aromatic carbocycles. The van der Waals surface area contributed by atoms with Crippen LogP contribution in [-0.2, 0) is 17.4 Å². The number of hydrogen-bond acceptors (Lipinski definition) is 7. The molecule has 0 spiro atoms. The second kappa shape index (κ2) is 9.20. The molecule has 5 rings (SSSR count). The molecule has 9 nitrogen and oxygen atoms in total. The van der Waals surface area contributed by atoms with Gasteiger partial charge in [0.1, 0.15) is 17.5 Å². The van der Waals surface area contributed by atoms with Crippen molar-refractivity contribution in [2.24, 2.45) is 0 Å². The Morgan fingerprint density at radius 3 is 2.58 bits per heavy atom. The normalized spacial score (nSPS) is 23.2. The van der Waals surface area contributed by atoms with Gasteiger partial charge in [-0.2, -0.15) is 23.5 Å². The molecule has 0 radical (unpaired) electrons. The van der Waals surface area contributed by atoms with Gasteiger partial charge in [-0.05, 0) is 50.4 Å². The first-order valence-corrected chi connectivity index (χ1v) is 12.0. The summed E-state index contributed by atoms with van der Waals surface area (Å²) in [5.41, 5.74) is -1.68. The van der Waals surface area contributed by atoms with E-state index in [9.17, 15) is 22.8 Å². The van der Waals surface area contributed by atoms with Gasteiger partial charge in [0.2, 0.25) is 5.91 Å². The summed E-state index contributed by atoms with van der Waals surface area (Å²) in [4.78, 5) is 35.2. The molecule has 3 unspecified atom stereocenters. The monoisotopic (exact) mass is 501 g/mol. The molecule has 1 aliphatic carbocycles. The van der Waals surface area contributed by atoms with Gasteiger partial charge in [-0.25, -0.2) is 10.1 Å². The Labute approximate surface area is 205 Å². The van der Waals surface area contributed by atoms with E-state index in [0.29, 0.717) is 31.6 Å². The van der Waals surface area contributed by atoms with E-state index >= 15 is 0 Å².